The second-order valence-corrected chi connectivity index (χ2v) is 4.39. The number of halogens is 1. The fourth-order valence-corrected chi connectivity index (χ4v) is 2.31. The summed E-state index contributed by atoms with van der Waals surface area (Å²) in [5, 5.41) is 10.9. The average Bonchev–Trinajstić information content (AvgIpc) is 2.47. The maximum Gasteiger partial charge on any atom is 0.129 e. The second kappa shape index (κ2) is 5.41. The van der Waals surface area contributed by atoms with E-state index in [2.05, 4.69) is 0 Å². The fourth-order valence-electron chi connectivity index (χ4n) is 2.31. The van der Waals surface area contributed by atoms with Crippen molar-refractivity contribution in [2.75, 3.05) is 7.11 Å². The maximum atomic E-state index is 14.0. The molecule has 0 bridgehead atoms. The molecule has 0 fully saturated rings. The normalized spacial score (nSPS) is 13.9. The minimum atomic E-state index is -1.39. The molecule has 0 saturated heterocycles. The summed E-state index contributed by atoms with van der Waals surface area (Å²) in [6.45, 7) is 1.82. The summed E-state index contributed by atoms with van der Waals surface area (Å²) >= 11 is 0. The van der Waals surface area contributed by atoms with Crippen molar-refractivity contribution in [1.82, 2.24) is 0 Å². The van der Waals surface area contributed by atoms with E-state index in [1.54, 1.807) is 36.4 Å². The summed E-state index contributed by atoms with van der Waals surface area (Å²) in [6.07, 6.45) is 0.355. The number of hydrogen-bond donors (Lipinski definition) is 1. The van der Waals surface area contributed by atoms with E-state index >= 15 is 0 Å². The molecular weight excluding hydrogens is 243 g/mol. The van der Waals surface area contributed by atoms with Gasteiger partial charge in [-0.2, -0.15) is 0 Å². The summed E-state index contributed by atoms with van der Waals surface area (Å²) in [7, 11) is 1.54. The van der Waals surface area contributed by atoms with Gasteiger partial charge in [-0.15, -0.1) is 0 Å². The van der Waals surface area contributed by atoms with Gasteiger partial charge in [-0.25, -0.2) is 4.39 Å². The third-order valence-electron chi connectivity index (χ3n) is 3.38. The van der Waals surface area contributed by atoms with E-state index in [1.807, 2.05) is 13.0 Å². The lowest BCUT2D eigenvalue weighted by Gasteiger charge is -2.29. The van der Waals surface area contributed by atoms with Crippen molar-refractivity contribution in [2.45, 2.75) is 18.9 Å². The van der Waals surface area contributed by atoms with Crippen LogP contribution in [0.5, 0.6) is 5.75 Å². The van der Waals surface area contributed by atoms with Gasteiger partial charge in [0.05, 0.1) is 7.11 Å². The largest absolute Gasteiger partial charge is 0.496 e. The summed E-state index contributed by atoms with van der Waals surface area (Å²) in [4.78, 5) is 0. The van der Waals surface area contributed by atoms with Crippen LogP contribution in [0.25, 0.3) is 0 Å². The van der Waals surface area contributed by atoms with Crippen molar-refractivity contribution >= 4 is 0 Å². The predicted molar refractivity (Wildman–Crippen MR) is 72.7 cm³/mol. The molecule has 1 unspecified atom stereocenters. The zero-order valence-electron chi connectivity index (χ0n) is 11.1. The Hall–Kier alpha value is -1.87. The number of rotatable bonds is 4. The Bertz CT molecular complexity index is 568. The van der Waals surface area contributed by atoms with Gasteiger partial charge in [0.2, 0.25) is 0 Å². The molecule has 0 saturated carbocycles. The van der Waals surface area contributed by atoms with E-state index in [0.717, 1.165) is 0 Å². The first-order valence-electron chi connectivity index (χ1n) is 6.24. The molecule has 0 aliphatic rings. The molecule has 1 N–H and O–H groups in total. The highest BCUT2D eigenvalue weighted by Crippen LogP contribution is 2.38. The summed E-state index contributed by atoms with van der Waals surface area (Å²) in [5.74, 6) is 0.132. The van der Waals surface area contributed by atoms with Crippen molar-refractivity contribution in [3.8, 4) is 5.75 Å². The third kappa shape index (κ3) is 2.34. The molecule has 3 heteroatoms. The van der Waals surface area contributed by atoms with E-state index in [-0.39, 0.29) is 5.56 Å². The molecule has 100 valence electrons. The lowest BCUT2D eigenvalue weighted by atomic mass is 9.83. The van der Waals surface area contributed by atoms with Crippen LogP contribution in [0.3, 0.4) is 0 Å². The van der Waals surface area contributed by atoms with Crippen LogP contribution in [0.4, 0.5) is 4.39 Å². The van der Waals surface area contributed by atoms with E-state index in [4.69, 9.17) is 4.74 Å². The predicted octanol–water partition coefficient (Wildman–Crippen LogP) is 3.48. The summed E-state index contributed by atoms with van der Waals surface area (Å²) in [6, 6.07) is 13.4. The minimum absolute atomic E-state index is 0.266. The second-order valence-electron chi connectivity index (χ2n) is 4.39. The zero-order chi connectivity index (χ0) is 13.9. The number of methoxy groups -OCH3 is 1. The highest BCUT2D eigenvalue weighted by molar-refractivity contribution is 5.45. The molecule has 2 aromatic rings. The Labute approximate surface area is 112 Å². The van der Waals surface area contributed by atoms with Crippen LogP contribution in [0, 0.1) is 5.82 Å². The fraction of sp³-hybridized carbons (Fsp3) is 0.250. The highest BCUT2D eigenvalue weighted by atomic mass is 19.1. The zero-order valence-corrected chi connectivity index (χ0v) is 11.1. The molecule has 0 amide bonds. The average molecular weight is 260 g/mol. The lowest BCUT2D eigenvalue weighted by molar-refractivity contribution is 0.0698. The van der Waals surface area contributed by atoms with Crippen LogP contribution in [0.1, 0.15) is 24.5 Å². The quantitative estimate of drug-likeness (QED) is 0.912. The standard InChI is InChI=1S/C16H17FO2/c1-3-16(18,12-8-4-6-10-14(12)17)13-9-5-7-11-15(13)19-2/h4-11,18H,3H2,1-2H3. The number of hydrogen-bond acceptors (Lipinski definition) is 2. The van der Waals surface area contributed by atoms with Crippen molar-refractivity contribution < 1.29 is 14.2 Å². The number of aliphatic hydroxyl groups is 1. The van der Waals surface area contributed by atoms with Gasteiger partial charge in [-0.05, 0) is 18.6 Å². The first-order valence-corrected chi connectivity index (χ1v) is 6.24. The molecule has 0 aliphatic carbocycles. The van der Waals surface area contributed by atoms with Crippen LogP contribution >= 0.6 is 0 Å². The SMILES string of the molecule is CCC(O)(c1ccccc1F)c1ccccc1OC. The Kier molecular flexibility index (Phi) is 3.86. The summed E-state index contributed by atoms with van der Waals surface area (Å²) < 4.78 is 19.3. The molecule has 0 radical (unpaired) electrons. The van der Waals surface area contributed by atoms with Gasteiger partial charge in [-0.3, -0.25) is 0 Å². The Balaban J connectivity index is 2.63. The molecule has 0 aromatic heterocycles. The van der Waals surface area contributed by atoms with Gasteiger partial charge >= 0.3 is 0 Å². The van der Waals surface area contributed by atoms with Crippen LogP contribution in [-0.2, 0) is 5.60 Å². The molecule has 2 aromatic carbocycles. The number of benzene rings is 2. The molecule has 2 rings (SSSR count). The Morgan fingerprint density at radius 1 is 1.05 bits per heavy atom. The third-order valence-corrected chi connectivity index (χ3v) is 3.38. The number of para-hydroxylation sites is 1. The van der Waals surface area contributed by atoms with Gasteiger partial charge in [0, 0.05) is 11.1 Å². The minimum Gasteiger partial charge on any atom is -0.496 e. The van der Waals surface area contributed by atoms with Gasteiger partial charge in [0.15, 0.2) is 0 Å². The molecule has 0 heterocycles. The van der Waals surface area contributed by atoms with Crippen molar-refractivity contribution in [3.05, 3.63) is 65.5 Å². The van der Waals surface area contributed by atoms with Crippen molar-refractivity contribution in [3.63, 3.8) is 0 Å². The van der Waals surface area contributed by atoms with E-state index in [9.17, 15) is 9.50 Å². The lowest BCUT2D eigenvalue weighted by Crippen LogP contribution is -2.28. The van der Waals surface area contributed by atoms with Crippen LogP contribution in [0.15, 0.2) is 48.5 Å². The smallest absolute Gasteiger partial charge is 0.129 e. The van der Waals surface area contributed by atoms with E-state index in [0.29, 0.717) is 17.7 Å². The molecule has 1 atom stereocenters. The number of ether oxygens (including phenoxy) is 1. The van der Waals surface area contributed by atoms with Crippen molar-refractivity contribution in [1.29, 1.82) is 0 Å². The van der Waals surface area contributed by atoms with Crippen LogP contribution in [0.2, 0.25) is 0 Å². The molecular formula is C16H17FO2. The van der Waals surface area contributed by atoms with Crippen LogP contribution in [-0.4, -0.2) is 12.2 Å². The van der Waals surface area contributed by atoms with E-state index < -0.39 is 11.4 Å². The van der Waals surface area contributed by atoms with Crippen LogP contribution < -0.4 is 4.74 Å². The maximum absolute atomic E-state index is 14.0. The summed E-state index contributed by atoms with van der Waals surface area (Å²) in [5.41, 5.74) is -0.551. The van der Waals surface area contributed by atoms with Crippen molar-refractivity contribution in [2.24, 2.45) is 0 Å². The molecule has 19 heavy (non-hydrogen) atoms. The topological polar surface area (TPSA) is 29.5 Å². The first kappa shape index (κ1) is 13.6. The molecule has 0 spiro atoms. The molecule has 0 aliphatic heterocycles. The van der Waals surface area contributed by atoms with E-state index in [1.165, 1.54) is 13.2 Å². The van der Waals surface area contributed by atoms with Gasteiger partial charge in [0.25, 0.3) is 0 Å². The monoisotopic (exact) mass is 260 g/mol. The Morgan fingerprint density at radius 2 is 1.63 bits per heavy atom. The first-order chi connectivity index (χ1) is 9.13. The van der Waals surface area contributed by atoms with Gasteiger partial charge in [-0.1, -0.05) is 43.3 Å². The van der Waals surface area contributed by atoms with Gasteiger partial charge < -0.3 is 9.84 Å². The highest BCUT2D eigenvalue weighted by Gasteiger charge is 2.34. The van der Waals surface area contributed by atoms with Gasteiger partial charge in [0.1, 0.15) is 17.2 Å². The Morgan fingerprint density at radius 3 is 2.21 bits per heavy atom. The molecule has 2 nitrogen and oxygen atoms in total.